The third-order valence-corrected chi connectivity index (χ3v) is 6.98. The van der Waals surface area contributed by atoms with Crippen LogP contribution in [-0.2, 0) is 10.1 Å². The lowest BCUT2D eigenvalue weighted by atomic mass is 9.95. The van der Waals surface area contributed by atoms with Crippen molar-refractivity contribution in [2.75, 3.05) is 0 Å². The summed E-state index contributed by atoms with van der Waals surface area (Å²) in [6.45, 7) is 0. The molecule has 0 aromatic carbocycles. The molecule has 0 bridgehead atoms. The van der Waals surface area contributed by atoms with Gasteiger partial charge < -0.3 is 4.18 Å². The third kappa shape index (κ3) is 3.57. The van der Waals surface area contributed by atoms with Gasteiger partial charge in [-0.2, -0.15) is 21.6 Å². The van der Waals surface area contributed by atoms with E-state index in [1.165, 1.54) is 10.9 Å². The van der Waals surface area contributed by atoms with Crippen molar-refractivity contribution >= 4 is 53.5 Å². The lowest BCUT2D eigenvalue weighted by Crippen LogP contribution is -2.28. The molecule has 1 saturated carbocycles. The summed E-state index contributed by atoms with van der Waals surface area (Å²) in [7, 11) is -5.93. The van der Waals surface area contributed by atoms with Crippen LogP contribution in [0.4, 0.5) is 13.2 Å². The summed E-state index contributed by atoms with van der Waals surface area (Å²) in [5.41, 5.74) is -5.95. The predicted octanol–water partition coefficient (Wildman–Crippen LogP) is 4.39. The van der Waals surface area contributed by atoms with Crippen LogP contribution in [0.25, 0.3) is 20.4 Å². The molecular weight excluding hydrogens is 455 g/mol. The van der Waals surface area contributed by atoms with E-state index in [9.17, 15) is 26.4 Å². The maximum atomic E-state index is 13.0. The third-order valence-electron chi connectivity index (χ3n) is 4.76. The number of alkyl halides is 3. The molecule has 0 unspecified atom stereocenters. The van der Waals surface area contributed by atoms with E-state index in [1.54, 1.807) is 0 Å². The first-order valence-electron chi connectivity index (χ1n) is 8.59. The summed E-state index contributed by atoms with van der Waals surface area (Å²) >= 11 is 6.70. The summed E-state index contributed by atoms with van der Waals surface area (Å²) in [5.74, 6) is -0.675. The van der Waals surface area contributed by atoms with Crippen molar-refractivity contribution in [3.05, 3.63) is 27.9 Å². The minimum absolute atomic E-state index is 0.00348. The molecule has 1 aliphatic rings. The summed E-state index contributed by atoms with van der Waals surface area (Å²) in [5, 5.41) is -0.376. The highest BCUT2D eigenvalue weighted by Crippen LogP contribution is 2.40. The van der Waals surface area contributed by atoms with Crippen molar-refractivity contribution in [2.24, 2.45) is 0 Å². The van der Waals surface area contributed by atoms with Crippen LogP contribution >= 0.6 is 22.9 Å². The lowest BCUT2D eigenvalue weighted by Gasteiger charge is -2.23. The van der Waals surface area contributed by atoms with E-state index in [0.717, 1.165) is 49.5 Å². The van der Waals surface area contributed by atoms with Gasteiger partial charge in [-0.15, -0.1) is 11.3 Å². The van der Waals surface area contributed by atoms with Gasteiger partial charge in [0.25, 0.3) is 5.56 Å². The maximum absolute atomic E-state index is 13.0. The number of hydrogen-bond donors (Lipinski definition) is 0. The van der Waals surface area contributed by atoms with Crippen LogP contribution in [0.2, 0.25) is 5.15 Å². The Morgan fingerprint density at radius 1 is 1.24 bits per heavy atom. The number of nitrogens with zero attached hydrogens (tertiary/aromatic N) is 3. The van der Waals surface area contributed by atoms with Gasteiger partial charge in [0.1, 0.15) is 20.2 Å². The number of pyridine rings is 1. The summed E-state index contributed by atoms with van der Waals surface area (Å²) in [4.78, 5) is 21.2. The first-order valence-corrected chi connectivity index (χ1v) is 11.2. The first kappa shape index (κ1) is 20.4. The quantitative estimate of drug-likeness (QED) is 0.322. The highest BCUT2D eigenvalue weighted by Gasteiger charge is 2.49. The van der Waals surface area contributed by atoms with E-state index in [1.807, 2.05) is 0 Å². The van der Waals surface area contributed by atoms with Crippen molar-refractivity contribution in [2.45, 2.75) is 43.7 Å². The van der Waals surface area contributed by atoms with E-state index < -0.39 is 21.4 Å². The Labute approximate surface area is 171 Å². The molecule has 0 atom stereocenters. The van der Waals surface area contributed by atoms with Gasteiger partial charge in [0.05, 0.1) is 11.7 Å². The van der Waals surface area contributed by atoms with Gasteiger partial charge in [0.15, 0.2) is 5.75 Å². The smallest absolute Gasteiger partial charge is 0.375 e. The molecule has 3 aromatic heterocycles. The second-order valence-electron chi connectivity index (χ2n) is 6.64. The minimum atomic E-state index is -5.93. The molecule has 0 saturated heterocycles. The molecule has 0 spiro atoms. The fraction of sp³-hybridized carbons (Fsp3) is 0.438. The van der Waals surface area contributed by atoms with Crippen LogP contribution in [-0.4, -0.2) is 28.5 Å². The SMILES string of the molecule is O=c1c2sc3nc(Cl)cc(OS(=O)(=O)C(F)(F)F)c3c2ncn1C1CCCCC1. The van der Waals surface area contributed by atoms with Gasteiger partial charge >= 0.3 is 15.6 Å². The standard InChI is InChI=1S/C16H13ClF3N3O4S2/c17-10-6-9(27-29(25,26)16(18,19)20)11-12-13(28-14(11)22-10)15(24)23(7-21-12)8-4-2-1-3-5-8/h6-8H,1-5H2. The Balaban J connectivity index is 1.91. The summed E-state index contributed by atoms with van der Waals surface area (Å²) in [6.07, 6.45) is 6.09. The Kier molecular flexibility index (Phi) is 4.98. The van der Waals surface area contributed by atoms with Gasteiger partial charge in [-0.1, -0.05) is 30.9 Å². The molecule has 1 aliphatic carbocycles. The van der Waals surface area contributed by atoms with Gasteiger partial charge in [-0.25, -0.2) is 9.97 Å². The Morgan fingerprint density at radius 2 is 1.93 bits per heavy atom. The molecule has 13 heteroatoms. The van der Waals surface area contributed by atoms with Crippen LogP contribution in [0.15, 0.2) is 17.2 Å². The van der Waals surface area contributed by atoms with Crippen LogP contribution in [0.5, 0.6) is 5.75 Å². The molecule has 29 heavy (non-hydrogen) atoms. The maximum Gasteiger partial charge on any atom is 0.534 e. The summed E-state index contributed by atoms with van der Waals surface area (Å²) in [6, 6.07) is 0.851. The first-order chi connectivity index (χ1) is 13.6. The number of rotatable bonds is 3. The fourth-order valence-corrected chi connectivity index (χ4v) is 5.21. The average Bonchev–Trinajstić information content (AvgIpc) is 3.01. The Morgan fingerprint density at radius 3 is 2.59 bits per heavy atom. The molecule has 3 aromatic rings. The molecule has 3 heterocycles. The van der Waals surface area contributed by atoms with E-state index in [2.05, 4.69) is 14.2 Å². The lowest BCUT2D eigenvalue weighted by molar-refractivity contribution is -0.0499. The predicted molar refractivity (Wildman–Crippen MR) is 102 cm³/mol. The van der Waals surface area contributed by atoms with Crippen molar-refractivity contribution in [1.82, 2.24) is 14.5 Å². The summed E-state index contributed by atoms with van der Waals surface area (Å²) < 4.78 is 67.2. The van der Waals surface area contributed by atoms with Gasteiger partial charge in [-0.05, 0) is 12.8 Å². The normalized spacial score (nSPS) is 16.6. The highest BCUT2D eigenvalue weighted by atomic mass is 35.5. The van der Waals surface area contributed by atoms with Crippen LogP contribution in [0.3, 0.4) is 0 Å². The van der Waals surface area contributed by atoms with E-state index in [4.69, 9.17) is 11.6 Å². The molecule has 4 rings (SSSR count). The zero-order chi connectivity index (χ0) is 21.0. The largest absolute Gasteiger partial charge is 0.534 e. The highest BCUT2D eigenvalue weighted by molar-refractivity contribution is 7.88. The van der Waals surface area contributed by atoms with Crippen LogP contribution < -0.4 is 9.74 Å². The molecule has 0 N–H and O–H groups in total. The number of halogens is 4. The topological polar surface area (TPSA) is 91.2 Å². The molecule has 156 valence electrons. The van der Waals surface area contributed by atoms with Gasteiger partial charge in [-0.3, -0.25) is 9.36 Å². The van der Waals surface area contributed by atoms with Crippen molar-refractivity contribution in [3.8, 4) is 5.75 Å². The van der Waals surface area contributed by atoms with Gasteiger partial charge in [0.2, 0.25) is 0 Å². The second-order valence-corrected chi connectivity index (χ2v) is 9.56. The number of fused-ring (bicyclic) bond motifs is 3. The zero-order valence-electron chi connectivity index (χ0n) is 14.6. The Bertz CT molecular complexity index is 1260. The molecule has 7 nitrogen and oxygen atoms in total. The van der Waals surface area contributed by atoms with Gasteiger partial charge in [0, 0.05) is 12.1 Å². The molecule has 0 radical (unpaired) electrons. The zero-order valence-corrected chi connectivity index (χ0v) is 17.0. The monoisotopic (exact) mass is 467 g/mol. The molecule has 0 aliphatic heterocycles. The van der Waals surface area contributed by atoms with E-state index in [-0.39, 0.29) is 37.2 Å². The van der Waals surface area contributed by atoms with Crippen molar-refractivity contribution in [3.63, 3.8) is 0 Å². The average molecular weight is 468 g/mol. The van der Waals surface area contributed by atoms with Crippen LogP contribution in [0.1, 0.15) is 38.1 Å². The van der Waals surface area contributed by atoms with Crippen molar-refractivity contribution < 1.29 is 25.8 Å². The molecule has 1 fully saturated rings. The van der Waals surface area contributed by atoms with Crippen LogP contribution in [0, 0.1) is 0 Å². The Hall–Kier alpha value is -1.92. The minimum Gasteiger partial charge on any atom is -0.375 e. The number of hydrogen-bond acceptors (Lipinski definition) is 7. The number of thiophene rings is 1. The van der Waals surface area contributed by atoms with E-state index >= 15 is 0 Å². The number of aromatic nitrogens is 3. The molecular formula is C16H13ClF3N3O4S2. The van der Waals surface area contributed by atoms with E-state index in [0.29, 0.717) is 0 Å². The second kappa shape index (κ2) is 7.10. The van der Waals surface area contributed by atoms with Crippen molar-refractivity contribution in [1.29, 1.82) is 0 Å². The molecule has 0 amide bonds. The fourth-order valence-electron chi connectivity index (χ4n) is 3.43.